The third-order valence-corrected chi connectivity index (χ3v) is 3.18. The van der Waals surface area contributed by atoms with Crippen LogP contribution in [-0.4, -0.2) is 16.6 Å². The number of rotatable bonds is 8. The number of aliphatic hydroxyl groups is 1. The highest BCUT2D eigenvalue weighted by atomic mass is 32.2. The first-order chi connectivity index (χ1) is 6.31. The molecule has 0 aliphatic heterocycles. The monoisotopic (exact) mass is 202 g/mol. The highest BCUT2D eigenvalue weighted by Gasteiger charge is 1.92. The topological polar surface area (TPSA) is 20.2 Å². The van der Waals surface area contributed by atoms with Crippen molar-refractivity contribution in [2.75, 3.05) is 11.5 Å². The average Bonchev–Trinajstić information content (AvgIpc) is 2.16. The number of hydrogen-bond acceptors (Lipinski definition) is 2. The smallest absolute Gasteiger partial charge is 0.0789 e. The number of unbranched alkanes of at least 4 members (excludes halogenated alkanes) is 4. The summed E-state index contributed by atoms with van der Waals surface area (Å²) in [6.45, 7) is 4.20. The Morgan fingerprint density at radius 3 is 2.54 bits per heavy atom. The molecule has 1 nitrogen and oxygen atoms in total. The van der Waals surface area contributed by atoms with Gasteiger partial charge in [-0.15, -0.1) is 0 Å². The molecule has 0 rings (SSSR count). The summed E-state index contributed by atoms with van der Waals surface area (Å²) in [7, 11) is 0. The zero-order valence-electron chi connectivity index (χ0n) is 8.88. The maximum Gasteiger partial charge on any atom is 0.0789 e. The molecule has 78 valence electrons. The first-order valence-electron chi connectivity index (χ1n) is 5.18. The summed E-state index contributed by atoms with van der Waals surface area (Å²) in [5, 5.41) is 8.63. The fourth-order valence-corrected chi connectivity index (χ4v) is 2.03. The van der Waals surface area contributed by atoms with Crippen molar-refractivity contribution in [3.63, 3.8) is 0 Å². The summed E-state index contributed by atoms with van der Waals surface area (Å²) in [6.07, 6.45) is 7.97. The van der Waals surface area contributed by atoms with Gasteiger partial charge < -0.3 is 5.11 Å². The Balaban J connectivity index is 3.00. The highest BCUT2D eigenvalue weighted by molar-refractivity contribution is 7.99. The van der Waals surface area contributed by atoms with E-state index < -0.39 is 0 Å². The van der Waals surface area contributed by atoms with Gasteiger partial charge in [-0.1, -0.05) is 32.6 Å². The van der Waals surface area contributed by atoms with Crippen LogP contribution in [0.3, 0.4) is 0 Å². The molecule has 13 heavy (non-hydrogen) atoms. The van der Waals surface area contributed by atoms with Gasteiger partial charge in [0, 0.05) is 5.75 Å². The van der Waals surface area contributed by atoms with E-state index in [1.807, 2.05) is 18.7 Å². The van der Waals surface area contributed by atoms with Crippen molar-refractivity contribution >= 4 is 11.8 Å². The van der Waals surface area contributed by atoms with Gasteiger partial charge in [0.1, 0.15) is 0 Å². The van der Waals surface area contributed by atoms with E-state index in [0.717, 1.165) is 11.3 Å². The van der Waals surface area contributed by atoms with Crippen LogP contribution in [-0.2, 0) is 0 Å². The van der Waals surface area contributed by atoms with E-state index >= 15 is 0 Å². The lowest BCUT2D eigenvalue weighted by molar-refractivity contribution is 0.467. The summed E-state index contributed by atoms with van der Waals surface area (Å²) >= 11 is 1.92. The average molecular weight is 202 g/mol. The predicted molar refractivity (Wildman–Crippen MR) is 62.5 cm³/mol. The van der Waals surface area contributed by atoms with Gasteiger partial charge in [-0.2, -0.15) is 11.8 Å². The molecule has 0 saturated heterocycles. The zero-order chi connectivity index (χ0) is 9.94. The fourth-order valence-electron chi connectivity index (χ4n) is 1.08. The molecular weight excluding hydrogens is 180 g/mol. The third kappa shape index (κ3) is 9.81. The predicted octanol–water partition coefficient (Wildman–Crippen LogP) is 4.15. The molecule has 0 unspecified atom stereocenters. The Kier molecular flexibility index (Phi) is 9.89. The van der Waals surface area contributed by atoms with Gasteiger partial charge in [0.2, 0.25) is 0 Å². The molecular formula is C11H22OS. The molecule has 0 spiro atoms. The van der Waals surface area contributed by atoms with Crippen LogP contribution in [0.15, 0.2) is 11.8 Å². The largest absolute Gasteiger partial charge is 0.516 e. The van der Waals surface area contributed by atoms with Gasteiger partial charge in [-0.05, 0) is 24.7 Å². The quantitative estimate of drug-likeness (QED) is 0.471. The van der Waals surface area contributed by atoms with Crippen LogP contribution in [0.1, 0.15) is 46.0 Å². The van der Waals surface area contributed by atoms with Gasteiger partial charge in [-0.3, -0.25) is 0 Å². The Morgan fingerprint density at radius 1 is 1.23 bits per heavy atom. The summed E-state index contributed by atoms with van der Waals surface area (Å²) in [5.74, 6) is 2.21. The maximum atomic E-state index is 8.63. The van der Waals surface area contributed by atoms with E-state index in [0.29, 0.717) is 0 Å². The van der Waals surface area contributed by atoms with Gasteiger partial charge >= 0.3 is 0 Å². The van der Waals surface area contributed by atoms with Crippen molar-refractivity contribution in [3.05, 3.63) is 11.8 Å². The minimum absolute atomic E-state index is 0.976. The van der Waals surface area contributed by atoms with Crippen LogP contribution in [0.25, 0.3) is 0 Å². The normalized spacial score (nSPS) is 12.0. The summed E-state index contributed by atoms with van der Waals surface area (Å²) < 4.78 is 0. The summed E-state index contributed by atoms with van der Waals surface area (Å²) in [5.41, 5.74) is 1.07. The molecule has 0 bridgehead atoms. The number of hydrogen-bond donors (Lipinski definition) is 1. The Bertz CT molecular complexity index is 132. The molecule has 2 heteroatoms. The molecule has 0 atom stereocenters. The maximum absolute atomic E-state index is 8.63. The second kappa shape index (κ2) is 9.97. The molecule has 0 radical (unpaired) electrons. The van der Waals surface area contributed by atoms with Crippen molar-refractivity contribution in [3.8, 4) is 0 Å². The highest BCUT2D eigenvalue weighted by Crippen LogP contribution is 2.11. The first-order valence-corrected chi connectivity index (χ1v) is 6.34. The lowest BCUT2D eigenvalue weighted by atomic mass is 10.2. The summed E-state index contributed by atoms with van der Waals surface area (Å²) in [6, 6.07) is 0. The van der Waals surface area contributed by atoms with Crippen molar-refractivity contribution in [2.45, 2.75) is 46.0 Å². The number of thioether (sulfide) groups is 1. The van der Waals surface area contributed by atoms with E-state index in [4.69, 9.17) is 5.11 Å². The van der Waals surface area contributed by atoms with E-state index in [1.54, 1.807) is 0 Å². The zero-order valence-corrected chi connectivity index (χ0v) is 9.70. The van der Waals surface area contributed by atoms with E-state index in [1.165, 1.54) is 44.1 Å². The Labute approximate surface area is 86.6 Å². The molecule has 0 aromatic rings. The fraction of sp³-hybridized carbons (Fsp3) is 0.818. The molecule has 0 heterocycles. The minimum atomic E-state index is 0.976. The Morgan fingerprint density at radius 2 is 1.92 bits per heavy atom. The number of aliphatic hydroxyl groups excluding tert-OH is 1. The molecule has 0 fully saturated rings. The van der Waals surface area contributed by atoms with E-state index in [2.05, 4.69) is 6.92 Å². The minimum Gasteiger partial charge on any atom is -0.516 e. The molecule has 1 N–H and O–H groups in total. The van der Waals surface area contributed by atoms with Gasteiger partial charge in [0.25, 0.3) is 0 Å². The van der Waals surface area contributed by atoms with Crippen LogP contribution in [0, 0.1) is 0 Å². The Hall–Kier alpha value is -0.110. The van der Waals surface area contributed by atoms with Crippen LogP contribution in [0.2, 0.25) is 0 Å². The van der Waals surface area contributed by atoms with Crippen molar-refractivity contribution in [1.29, 1.82) is 0 Å². The van der Waals surface area contributed by atoms with E-state index in [-0.39, 0.29) is 0 Å². The standard InChI is InChI=1S/C11H22OS/c1-3-4-5-6-7-8-13-10-11(2)9-12/h9,12H,3-8,10H2,1-2H3. The van der Waals surface area contributed by atoms with Crippen molar-refractivity contribution in [2.24, 2.45) is 0 Å². The van der Waals surface area contributed by atoms with Gasteiger partial charge in [-0.25, -0.2) is 0 Å². The molecule has 0 aliphatic rings. The second-order valence-electron chi connectivity index (χ2n) is 3.44. The van der Waals surface area contributed by atoms with Crippen LogP contribution < -0.4 is 0 Å². The first kappa shape index (κ1) is 12.9. The third-order valence-electron chi connectivity index (χ3n) is 1.94. The molecule has 0 aromatic carbocycles. The SMILES string of the molecule is CCCCCCCSCC(C)=CO. The lowest BCUT2D eigenvalue weighted by Crippen LogP contribution is -1.86. The lowest BCUT2D eigenvalue weighted by Gasteiger charge is -2.01. The van der Waals surface area contributed by atoms with Crippen LogP contribution >= 0.6 is 11.8 Å². The molecule has 0 amide bonds. The summed E-state index contributed by atoms with van der Waals surface area (Å²) in [4.78, 5) is 0. The van der Waals surface area contributed by atoms with Crippen molar-refractivity contribution < 1.29 is 5.11 Å². The van der Waals surface area contributed by atoms with Crippen LogP contribution in [0.5, 0.6) is 0 Å². The second-order valence-corrected chi connectivity index (χ2v) is 4.55. The van der Waals surface area contributed by atoms with Gasteiger partial charge in [0.15, 0.2) is 0 Å². The molecule has 0 aromatic heterocycles. The van der Waals surface area contributed by atoms with Gasteiger partial charge in [0.05, 0.1) is 6.26 Å². The molecule has 0 saturated carbocycles. The van der Waals surface area contributed by atoms with Crippen molar-refractivity contribution in [1.82, 2.24) is 0 Å². The molecule has 0 aliphatic carbocycles. The van der Waals surface area contributed by atoms with E-state index in [9.17, 15) is 0 Å². The van der Waals surface area contributed by atoms with Crippen LogP contribution in [0.4, 0.5) is 0 Å².